The quantitative estimate of drug-likeness (QED) is 0.760. The third-order valence-electron chi connectivity index (χ3n) is 3.48. The molecule has 23 heavy (non-hydrogen) atoms. The van der Waals surface area contributed by atoms with Gasteiger partial charge in [0, 0.05) is 30.8 Å². The number of carbonyl (C=O) groups excluding carboxylic acids is 1. The van der Waals surface area contributed by atoms with E-state index in [-0.39, 0.29) is 24.6 Å². The van der Waals surface area contributed by atoms with Crippen molar-refractivity contribution in [2.24, 2.45) is 5.92 Å². The number of carbonyl (C=O) groups is 1. The molecular formula is C16H22N4O3. The maximum atomic E-state index is 12.0. The van der Waals surface area contributed by atoms with Gasteiger partial charge in [0.15, 0.2) is 0 Å². The maximum Gasteiger partial charge on any atom is 0.319 e. The number of anilines is 1. The predicted molar refractivity (Wildman–Crippen MR) is 87.0 cm³/mol. The molecule has 0 saturated carbocycles. The van der Waals surface area contributed by atoms with Crippen LogP contribution in [0.2, 0.25) is 0 Å². The molecule has 0 radical (unpaired) electrons. The minimum Gasteiger partial charge on any atom is -0.421 e. The molecule has 7 heteroatoms. The normalized spacial score (nSPS) is 12.2. The van der Waals surface area contributed by atoms with Gasteiger partial charge in [0.25, 0.3) is 0 Å². The van der Waals surface area contributed by atoms with E-state index < -0.39 is 0 Å². The van der Waals surface area contributed by atoms with Gasteiger partial charge in [0.1, 0.15) is 0 Å². The number of nitrogens with zero attached hydrogens (tertiary/aromatic N) is 2. The first-order valence-electron chi connectivity index (χ1n) is 7.58. The molecule has 0 fully saturated rings. The summed E-state index contributed by atoms with van der Waals surface area (Å²) in [7, 11) is 0. The Labute approximate surface area is 135 Å². The van der Waals surface area contributed by atoms with Gasteiger partial charge in [0.2, 0.25) is 11.8 Å². The molecule has 0 saturated heterocycles. The number of rotatable bonds is 6. The van der Waals surface area contributed by atoms with Crippen molar-refractivity contribution in [1.82, 2.24) is 15.5 Å². The summed E-state index contributed by atoms with van der Waals surface area (Å²) in [6.07, 6.45) is 0.528. The first-order chi connectivity index (χ1) is 11.0. The Bertz CT molecular complexity index is 637. The number of hydrogen-bond donors (Lipinski definition) is 3. The molecule has 7 nitrogen and oxygen atoms in total. The van der Waals surface area contributed by atoms with Crippen molar-refractivity contribution < 1.29 is 14.3 Å². The van der Waals surface area contributed by atoms with E-state index in [0.717, 1.165) is 5.56 Å². The van der Waals surface area contributed by atoms with Crippen LogP contribution >= 0.6 is 0 Å². The van der Waals surface area contributed by atoms with E-state index in [0.29, 0.717) is 23.9 Å². The number of hydrogen-bond acceptors (Lipinski definition) is 5. The van der Waals surface area contributed by atoms with Crippen LogP contribution in [0.25, 0.3) is 11.5 Å². The number of urea groups is 1. The highest BCUT2D eigenvalue weighted by Crippen LogP contribution is 2.20. The highest BCUT2D eigenvalue weighted by molar-refractivity contribution is 5.89. The lowest BCUT2D eigenvalue weighted by Crippen LogP contribution is -2.41. The molecule has 1 aromatic carbocycles. The molecule has 3 N–H and O–H groups in total. The second-order valence-electron chi connectivity index (χ2n) is 5.66. The van der Waals surface area contributed by atoms with Crippen molar-refractivity contribution in [2.45, 2.75) is 33.2 Å². The smallest absolute Gasteiger partial charge is 0.319 e. The molecule has 0 spiro atoms. The molecule has 0 aliphatic heterocycles. The molecular weight excluding hydrogens is 296 g/mol. The maximum absolute atomic E-state index is 12.0. The van der Waals surface area contributed by atoms with Crippen LogP contribution < -0.4 is 10.6 Å². The molecule has 0 bridgehead atoms. The minimum atomic E-state index is -0.293. The Balaban J connectivity index is 1.96. The molecule has 1 heterocycles. The summed E-state index contributed by atoms with van der Waals surface area (Å²) < 4.78 is 5.35. The van der Waals surface area contributed by atoms with Crippen LogP contribution in [0.3, 0.4) is 0 Å². The summed E-state index contributed by atoms with van der Waals surface area (Å²) >= 11 is 0. The highest BCUT2D eigenvalue weighted by Gasteiger charge is 2.15. The average molecular weight is 318 g/mol. The van der Waals surface area contributed by atoms with Crippen LogP contribution in [0.1, 0.15) is 26.2 Å². The van der Waals surface area contributed by atoms with Gasteiger partial charge in [-0.15, -0.1) is 10.2 Å². The van der Waals surface area contributed by atoms with Gasteiger partial charge in [-0.3, -0.25) is 0 Å². The number of amides is 2. The lowest BCUT2D eigenvalue weighted by atomic mass is 10.0. The first-order valence-corrected chi connectivity index (χ1v) is 7.58. The van der Waals surface area contributed by atoms with Crippen LogP contribution in [-0.2, 0) is 0 Å². The molecule has 2 rings (SSSR count). The molecule has 1 aromatic heterocycles. The molecule has 1 unspecified atom stereocenters. The van der Waals surface area contributed by atoms with Crippen molar-refractivity contribution in [3.63, 3.8) is 0 Å². The van der Waals surface area contributed by atoms with E-state index in [9.17, 15) is 4.79 Å². The van der Waals surface area contributed by atoms with Crippen molar-refractivity contribution in [1.29, 1.82) is 0 Å². The van der Waals surface area contributed by atoms with Crippen molar-refractivity contribution in [3.8, 4) is 11.5 Å². The Morgan fingerprint density at radius 2 is 1.96 bits per heavy atom. The summed E-state index contributed by atoms with van der Waals surface area (Å²) in [5.74, 6) is 1.20. The second-order valence-corrected chi connectivity index (χ2v) is 5.66. The Hall–Kier alpha value is -2.41. The summed E-state index contributed by atoms with van der Waals surface area (Å²) in [4.78, 5) is 12.0. The lowest BCUT2D eigenvalue weighted by Gasteiger charge is -2.21. The van der Waals surface area contributed by atoms with Crippen LogP contribution in [-0.4, -0.2) is 34.0 Å². The summed E-state index contributed by atoms with van der Waals surface area (Å²) in [5.41, 5.74) is 1.45. The molecule has 124 valence electrons. The van der Waals surface area contributed by atoms with Crippen LogP contribution in [0.15, 0.2) is 28.7 Å². The van der Waals surface area contributed by atoms with Gasteiger partial charge < -0.3 is 20.2 Å². The van der Waals surface area contributed by atoms with Crippen LogP contribution in [0.5, 0.6) is 0 Å². The monoisotopic (exact) mass is 318 g/mol. The van der Waals surface area contributed by atoms with Crippen molar-refractivity contribution in [3.05, 3.63) is 30.2 Å². The first kappa shape index (κ1) is 17.0. The fraction of sp³-hybridized carbons (Fsp3) is 0.438. The third-order valence-corrected chi connectivity index (χ3v) is 3.48. The molecule has 0 aliphatic carbocycles. The molecule has 1 atom stereocenters. The Kier molecular flexibility index (Phi) is 5.70. The molecule has 2 aromatic rings. The van der Waals surface area contributed by atoms with Gasteiger partial charge in [-0.2, -0.15) is 0 Å². The summed E-state index contributed by atoms with van der Waals surface area (Å²) in [5, 5.41) is 22.4. The predicted octanol–water partition coefficient (Wildman–Crippen LogP) is 2.57. The molecule has 2 amide bonds. The van der Waals surface area contributed by atoms with Crippen molar-refractivity contribution >= 4 is 11.7 Å². The zero-order valence-electron chi connectivity index (χ0n) is 13.5. The van der Waals surface area contributed by atoms with Crippen LogP contribution in [0, 0.1) is 12.8 Å². The van der Waals surface area contributed by atoms with E-state index in [2.05, 4.69) is 20.8 Å². The molecule has 0 aliphatic rings. The average Bonchev–Trinajstić information content (AvgIpc) is 2.94. The second kappa shape index (κ2) is 7.73. The lowest BCUT2D eigenvalue weighted by molar-refractivity contribution is 0.227. The van der Waals surface area contributed by atoms with Crippen LogP contribution in [0.4, 0.5) is 10.5 Å². The Morgan fingerprint density at radius 3 is 2.48 bits per heavy atom. The number of aromatic nitrogens is 2. The van der Waals surface area contributed by atoms with Gasteiger partial charge >= 0.3 is 6.03 Å². The number of aliphatic hydroxyl groups is 1. The van der Waals surface area contributed by atoms with Gasteiger partial charge in [0.05, 0.1) is 0 Å². The zero-order valence-corrected chi connectivity index (χ0v) is 13.5. The largest absolute Gasteiger partial charge is 0.421 e. The number of aliphatic hydroxyl groups excluding tert-OH is 1. The summed E-state index contributed by atoms with van der Waals surface area (Å²) in [6.45, 7) is 5.78. The zero-order chi connectivity index (χ0) is 16.8. The van der Waals surface area contributed by atoms with E-state index in [1.54, 1.807) is 31.2 Å². The van der Waals surface area contributed by atoms with Crippen molar-refractivity contribution in [2.75, 3.05) is 11.9 Å². The third kappa shape index (κ3) is 4.79. The number of nitrogens with one attached hydrogen (secondary N) is 2. The number of aryl methyl sites for hydroxylation is 1. The van der Waals surface area contributed by atoms with E-state index >= 15 is 0 Å². The van der Waals surface area contributed by atoms with E-state index in [1.165, 1.54) is 0 Å². The SMILES string of the molecule is Cc1nnc(-c2ccc(NC(=O)NC(CCO)C(C)C)cc2)o1. The Morgan fingerprint density at radius 1 is 1.26 bits per heavy atom. The van der Waals surface area contributed by atoms with E-state index in [4.69, 9.17) is 9.52 Å². The standard InChI is InChI=1S/C16H22N4O3/c1-10(2)14(8-9-21)18-16(22)17-13-6-4-12(5-7-13)15-20-19-11(3)23-15/h4-7,10,14,21H,8-9H2,1-3H3,(H2,17,18,22). The van der Waals surface area contributed by atoms with Gasteiger partial charge in [-0.05, 0) is 36.6 Å². The number of benzene rings is 1. The fourth-order valence-electron chi connectivity index (χ4n) is 2.16. The fourth-order valence-corrected chi connectivity index (χ4v) is 2.16. The van der Waals surface area contributed by atoms with E-state index in [1.807, 2.05) is 13.8 Å². The summed E-state index contributed by atoms with van der Waals surface area (Å²) in [6, 6.07) is 6.78. The topological polar surface area (TPSA) is 100 Å². The van der Waals surface area contributed by atoms with Gasteiger partial charge in [-0.1, -0.05) is 13.8 Å². The highest BCUT2D eigenvalue weighted by atomic mass is 16.4. The van der Waals surface area contributed by atoms with Gasteiger partial charge in [-0.25, -0.2) is 4.79 Å². The minimum absolute atomic E-state index is 0.0431.